The lowest BCUT2D eigenvalue weighted by molar-refractivity contribution is 0.583. The molecular formula is C11H11Cl2NO2S. The minimum Gasteiger partial charge on any atom is -0.224 e. The van der Waals surface area contributed by atoms with Gasteiger partial charge >= 0.3 is 0 Å². The molecule has 0 fully saturated rings. The zero-order chi connectivity index (χ0) is 13.1. The summed E-state index contributed by atoms with van der Waals surface area (Å²) in [5.41, 5.74) is 0.260. The number of hydrogen-bond acceptors (Lipinski definition) is 3. The van der Waals surface area contributed by atoms with E-state index < -0.39 is 9.84 Å². The first-order valence-corrected chi connectivity index (χ1v) is 7.45. The molecule has 1 aromatic carbocycles. The highest BCUT2D eigenvalue weighted by Crippen LogP contribution is 2.22. The van der Waals surface area contributed by atoms with Gasteiger partial charge in [-0.3, -0.25) is 0 Å². The van der Waals surface area contributed by atoms with Crippen molar-refractivity contribution < 1.29 is 8.42 Å². The van der Waals surface area contributed by atoms with Crippen LogP contribution in [0.1, 0.15) is 12.5 Å². The van der Waals surface area contributed by atoms with Gasteiger partial charge in [0.2, 0.25) is 0 Å². The summed E-state index contributed by atoms with van der Waals surface area (Å²) in [6.07, 6.45) is 0. The van der Waals surface area contributed by atoms with Crippen LogP contribution < -0.4 is 0 Å². The van der Waals surface area contributed by atoms with Crippen LogP contribution in [-0.4, -0.2) is 20.1 Å². The van der Waals surface area contributed by atoms with E-state index in [0.29, 0.717) is 0 Å². The molecule has 0 aliphatic rings. The molecule has 1 atom stereocenters. The molecule has 1 unspecified atom stereocenters. The van der Waals surface area contributed by atoms with Gasteiger partial charge in [-0.05, 0) is 24.1 Å². The minimum absolute atomic E-state index is 0.0290. The first-order valence-electron chi connectivity index (χ1n) is 4.89. The molecule has 17 heavy (non-hydrogen) atoms. The summed E-state index contributed by atoms with van der Waals surface area (Å²) in [6, 6.07) is 5.97. The highest BCUT2D eigenvalue weighted by Gasteiger charge is 2.19. The van der Waals surface area contributed by atoms with E-state index in [4.69, 9.17) is 28.5 Å². The van der Waals surface area contributed by atoms with Crippen LogP contribution in [0.3, 0.4) is 0 Å². The molecule has 6 heteroatoms. The molecule has 0 spiro atoms. The van der Waals surface area contributed by atoms with Gasteiger partial charge in [-0.15, -0.1) is 11.6 Å². The molecule has 0 radical (unpaired) electrons. The van der Waals surface area contributed by atoms with Crippen LogP contribution >= 0.6 is 23.2 Å². The Morgan fingerprint density at radius 3 is 2.59 bits per heavy atom. The zero-order valence-corrected chi connectivity index (χ0v) is 11.5. The quantitative estimate of drug-likeness (QED) is 0.802. The van der Waals surface area contributed by atoms with Gasteiger partial charge in [-0.25, -0.2) is 8.42 Å². The Morgan fingerprint density at radius 1 is 1.47 bits per heavy atom. The fourth-order valence-electron chi connectivity index (χ4n) is 1.30. The Hall–Kier alpha value is -0.760. The summed E-state index contributed by atoms with van der Waals surface area (Å²) in [6.45, 7) is 1.76. The first-order chi connectivity index (χ1) is 7.90. The van der Waals surface area contributed by atoms with E-state index in [1.165, 1.54) is 18.2 Å². The SMILES string of the molecule is CC(CCl)CS(=O)(=O)c1ccc(C#N)c(Cl)c1. The summed E-state index contributed by atoms with van der Waals surface area (Å²) in [4.78, 5) is 0.124. The molecule has 0 heterocycles. The predicted octanol–water partition coefficient (Wildman–Crippen LogP) is 2.86. The Morgan fingerprint density at radius 2 is 2.12 bits per heavy atom. The molecule has 0 saturated carbocycles. The molecular weight excluding hydrogens is 281 g/mol. The van der Waals surface area contributed by atoms with E-state index in [1.807, 2.05) is 6.07 Å². The lowest BCUT2D eigenvalue weighted by atomic mass is 10.2. The Bertz CT molecular complexity index is 549. The lowest BCUT2D eigenvalue weighted by Crippen LogP contribution is -2.15. The molecule has 1 rings (SSSR count). The second-order valence-corrected chi connectivity index (χ2v) is 6.54. The monoisotopic (exact) mass is 291 g/mol. The summed E-state index contributed by atoms with van der Waals surface area (Å²) in [5.74, 6) is 0.123. The van der Waals surface area contributed by atoms with Crippen molar-refractivity contribution >= 4 is 33.0 Å². The van der Waals surface area contributed by atoms with Gasteiger partial charge < -0.3 is 0 Å². The molecule has 0 amide bonds. The van der Waals surface area contributed by atoms with E-state index in [0.717, 1.165) is 0 Å². The van der Waals surface area contributed by atoms with Gasteiger partial charge in [-0.1, -0.05) is 18.5 Å². The number of nitriles is 1. The minimum atomic E-state index is -3.40. The van der Waals surface area contributed by atoms with Crippen molar-refractivity contribution in [3.63, 3.8) is 0 Å². The maximum Gasteiger partial charge on any atom is 0.178 e. The van der Waals surface area contributed by atoms with E-state index in [2.05, 4.69) is 0 Å². The van der Waals surface area contributed by atoms with Crippen LogP contribution in [-0.2, 0) is 9.84 Å². The molecule has 0 aliphatic heterocycles. The molecule has 0 N–H and O–H groups in total. The van der Waals surface area contributed by atoms with Crippen LogP contribution in [0.2, 0.25) is 5.02 Å². The van der Waals surface area contributed by atoms with Gasteiger partial charge in [0.25, 0.3) is 0 Å². The smallest absolute Gasteiger partial charge is 0.178 e. The van der Waals surface area contributed by atoms with Crippen molar-refractivity contribution in [2.45, 2.75) is 11.8 Å². The van der Waals surface area contributed by atoms with Crippen LogP contribution in [0, 0.1) is 17.2 Å². The molecule has 0 aromatic heterocycles. The Kier molecular flexibility index (Phi) is 4.81. The molecule has 0 bridgehead atoms. The van der Waals surface area contributed by atoms with E-state index in [-0.39, 0.29) is 33.0 Å². The van der Waals surface area contributed by atoms with Crippen molar-refractivity contribution in [2.75, 3.05) is 11.6 Å². The number of sulfone groups is 1. The third-order valence-corrected chi connectivity index (χ3v) is 5.01. The standard InChI is InChI=1S/C11H11Cl2NO2S/c1-8(5-12)7-17(15,16)10-3-2-9(6-14)11(13)4-10/h2-4,8H,5,7H2,1H3. The number of rotatable bonds is 4. The average molecular weight is 292 g/mol. The third kappa shape index (κ3) is 3.60. The van der Waals surface area contributed by atoms with Crippen LogP contribution in [0.15, 0.2) is 23.1 Å². The molecule has 0 saturated heterocycles. The van der Waals surface area contributed by atoms with E-state index in [1.54, 1.807) is 6.92 Å². The van der Waals surface area contributed by atoms with E-state index in [9.17, 15) is 8.42 Å². The summed E-state index contributed by atoms with van der Waals surface area (Å²) in [5, 5.41) is 8.84. The largest absolute Gasteiger partial charge is 0.224 e. The summed E-state index contributed by atoms with van der Waals surface area (Å²) >= 11 is 11.4. The number of hydrogen-bond donors (Lipinski definition) is 0. The van der Waals surface area contributed by atoms with Crippen LogP contribution in [0.25, 0.3) is 0 Å². The highest BCUT2D eigenvalue weighted by atomic mass is 35.5. The fraction of sp³-hybridized carbons (Fsp3) is 0.364. The predicted molar refractivity (Wildman–Crippen MR) is 68.1 cm³/mol. The van der Waals surface area contributed by atoms with Crippen LogP contribution in [0.5, 0.6) is 0 Å². The molecule has 1 aromatic rings. The average Bonchev–Trinajstić information content (AvgIpc) is 2.28. The summed E-state index contributed by atoms with van der Waals surface area (Å²) in [7, 11) is -3.40. The van der Waals surface area contributed by atoms with Crippen molar-refractivity contribution in [1.82, 2.24) is 0 Å². The van der Waals surface area contributed by atoms with Gasteiger partial charge in [0, 0.05) is 5.88 Å². The van der Waals surface area contributed by atoms with Gasteiger partial charge in [0.1, 0.15) is 6.07 Å². The van der Waals surface area contributed by atoms with Gasteiger partial charge in [-0.2, -0.15) is 5.26 Å². The molecule has 3 nitrogen and oxygen atoms in total. The number of benzene rings is 1. The van der Waals surface area contributed by atoms with E-state index >= 15 is 0 Å². The van der Waals surface area contributed by atoms with Crippen molar-refractivity contribution in [1.29, 1.82) is 5.26 Å². The Balaban J connectivity index is 3.09. The molecule has 0 aliphatic carbocycles. The maximum absolute atomic E-state index is 12.0. The second kappa shape index (κ2) is 5.72. The fourth-order valence-corrected chi connectivity index (χ4v) is 3.45. The van der Waals surface area contributed by atoms with Crippen molar-refractivity contribution in [2.24, 2.45) is 5.92 Å². The lowest BCUT2D eigenvalue weighted by Gasteiger charge is -2.09. The second-order valence-electron chi connectivity index (χ2n) is 3.79. The van der Waals surface area contributed by atoms with Gasteiger partial charge in [0.05, 0.1) is 21.2 Å². The Labute approximate surface area is 111 Å². The van der Waals surface area contributed by atoms with Crippen molar-refractivity contribution in [3.05, 3.63) is 28.8 Å². The first kappa shape index (κ1) is 14.3. The summed E-state index contributed by atoms with van der Waals surface area (Å²) < 4.78 is 23.9. The number of halogens is 2. The maximum atomic E-state index is 12.0. The number of nitrogens with zero attached hydrogens (tertiary/aromatic N) is 1. The van der Waals surface area contributed by atoms with Gasteiger partial charge in [0.15, 0.2) is 9.84 Å². The normalized spacial score (nSPS) is 13.1. The topological polar surface area (TPSA) is 57.9 Å². The number of alkyl halides is 1. The molecule has 92 valence electrons. The highest BCUT2D eigenvalue weighted by molar-refractivity contribution is 7.91. The zero-order valence-electron chi connectivity index (χ0n) is 9.15. The third-order valence-electron chi connectivity index (χ3n) is 2.19. The van der Waals surface area contributed by atoms with Crippen molar-refractivity contribution in [3.8, 4) is 6.07 Å². The van der Waals surface area contributed by atoms with Crippen LogP contribution in [0.4, 0.5) is 0 Å².